The van der Waals surface area contributed by atoms with Crippen LogP contribution in [0.15, 0.2) is 30.3 Å². The van der Waals surface area contributed by atoms with E-state index in [4.69, 9.17) is 0 Å². The lowest BCUT2D eigenvalue weighted by molar-refractivity contribution is -0.137. The summed E-state index contributed by atoms with van der Waals surface area (Å²) in [5, 5.41) is 0. The highest BCUT2D eigenvalue weighted by Gasteiger charge is 2.31. The molecular formula is C18H26N2O. The quantitative estimate of drug-likeness (QED) is 0.852. The largest absolute Gasteiger partial charge is 0.368 e. The summed E-state index contributed by atoms with van der Waals surface area (Å²) in [5.74, 6) is 1.23. The zero-order valence-corrected chi connectivity index (χ0v) is 13.0. The molecule has 1 aromatic carbocycles. The molecule has 2 aliphatic rings. The second-order valence-electron chi connectivity index (χ2n) is 6.48. The average Bonchev–Trinajstić information content (AvgIpc) is 3.09. The van der Waals surface area contributed by atoms with Gasteiger partial charge in [-0.1, -0.05) is 38.0 Å². The van der Waals surface area contributed by atoms with E-state index in [1.165, 1.54) is 31.4 Å². The third kappa shape index (κ3) is 3.22. The highest BCUT2D eigenvalue weighted by Crippen LogP contribution is 2.32. The summed E-state index contributed by atoms with van der Waals surface area (Å²) in [5.41, 5.74) is 1.27. The van der Waals surface area contributed by atoms with E-state index in [-0.39, 0.29) is 5.92 Å². The van der Waals surface area contributed by atoms with Crippen LogP contribution in [0.4, 0.5) is 5.69 Å². The molecule has 1 aromatic rings. The van der Waals surface area contributed by atoms with Crippen molar-refractivity contribution in [2.75, 3.05) is 31.1 Å². The summed E-state index contributed by atoms with van der Waals surface area (Å²) in [6.45, 7) is 5.78. The van der Waals surface area contributed by atoms with Gasteiger partial charge in [-0.25, -0.2) is 0 Å². The summed E-state index contributed by atoms with van der Waals surface area (Å²) in [6, 6.07) is 10.5. The van der Waals surface area contributed by atoms with E-state index < -0.39 is 0 Å². The van der Waals surface area contributed by atoms with Crippen LogP contribution >= 0.6 is 0 Å². The number of rotatable bonds is 3. The molecule has 3 nitrogen and oxygen atoms in total. The molecule has 3 heteroatoms. The number of nitrogens with zero attached hydrogens (tertiary/aromatic N) is 2. The van der Waals surface area contributed by atoms with Crippen LogP contribution in [0.2, 0.25) is 0 Å². The van der Waals surface area contributed by atoms with Crippen LogP contribution in [-0.2, 0) is 4.79 Å². The molecule has 0 N–H and O–H groups in total. The van der Waals surface area contributed by atoms with Crippen LogP contribution < -0.4 is 4.90 Å². The Morgan fingerprint density at radius 2 is 1.67 bits per heavy atom. The lowest BCUT2D eigenvalue weighted by Crippen LogP contribution is -2.50. The van der Waals surface area contributed by atoms with Crippen molar-refractivity contribution in [1.82, 2.24) is 4.90 Å². The predicted octanol–water partition coefficient (Wildman–Crippen LogP) is 3.16. The first-order valence-electron chi connectivity index (χ1n) is 8.34. The first-order chi connectivity index (χ1) is 10.3. The maximum atomic E-state index is 12.6. The van der Waals surface area contributed by atoms with E-state index in [1.54, 1.807) is 0 Å². The minimum atomic E-state index is 0.218. The van der Waals surface area contributed by atoms with Crippen molar-refractivity contribution >= 4 is 11.6 Å². The van der Waals surface area contributed by atoms with Crippen LogP contribution in [-0.4, -0.2) is 37.0 Å². The average molecular weight is 286 g/mol. The molecule has 1 saturated carbocycles. The second kappa shape index (κ2) is 6.50. The van der Waals surface area contributed by atoms with Gasteiger partial charge in [0, 0.05) is 37.8 Å². The van der Waals surface area contributed by atoms with Gasteiger partial charge in [-0.2, -0.15) is 0 Å². The van der Waals surface area contributed by atoms with E-state index >= 15 is 0 Å². The fourth-order valence-electron chi connectivity index (χ4n) is 3.77. The number of para-hydroxylation sites is 1. The molecule has 1 atom stereocenters. The number of hydrogen-bond acceptors (Lipinski definition) is 2. The molecule has 114 valence electrons. The van der Waals surface area contributed by atoms with Crippen LogP contribution in [0.5, 0.6) is 0 Å². The molecule has 0 bridgehead atoms. The monoisotopic (exact) mass is 286 g/mol. The van der Waals surface area contributed by atoms with Gasteiger partial charge in [-0.15, -0.1) is 0 Å². The molecule has 1 saturated heterocycles. The zero-order valence-electron chi connectivity index (χ0n) is 13.0. The standard InChI is InChI=1S/C18H26N2O/c1-15(16-7-5-6-8-16)18(21)20-13-11-19(12-14-20)17-9-3-2-4-10-17/h2-4,9-10,15-16H,5-8,11-14H2,1H3. The second-order valence-corrected chi connectivity index (χ2v) is 6.48. The lowest BCUT2D eigenvalue weighted by atomic mass is 9.91. The smallest absolute Gasteiger partial charge is 0.225 e. The highest BCUT2D eigenvalue weighted by atomic mass is 16.2. The number of carbonyl (C=O) groups excluding carboxylic acids is 1. The normalized spacial score (nSPS) is 21.6. The maximum Gasteiger partial charge on any atom is 0.225 e. The Labute approximate surface area is 127 Å². The van der Waals surface area contributed by atoms with E-state index in [9.17, 15) is 4.79 Å². The topological polar surface area (TPSA) is 23.6 Å². The Balaban J connectivity index is 1.54. The van der Waals surface area contributed by atoms with Gasteiger partial charge in [-0.3, -0.25) is 4.79 Å². The Hall–Kier alpha value is -1.51. The number of hydrogen-bond donors (Lipinski definition) is 0. The molecular weight excluding hydrogens is 260 g/mol. The molecule has 1 unspecified atom stereocenters. The van der Waals surface area contributed by atoms with Crippen LogP contribution in [0.25, 0.3) is 0 Å². The fourth-order valence-corrected chi connectivity index (χ4v) is 3.77. The molecule has 0 spiro atoms. The zero-order chi connectivity index (χ0) is 14.7. The Morgan fingerprint density at radius 1 is 1.05 bits per heavy atom. The SMILES string of the molecule is CC(C(=O)N1CCN(c2ccccc2)CC1)C1CCCC1. The molecule has 1 amide bonds. The van der Waals surface area contributed by atoms with Crippen LogP contribution in [0, 0.1) is 11.8 Å². The molecule has 3 rings (SSSR count). The summed E-state index contributed by atoms with van der Waals surface area (Å²) in [6.07, 6.45) is 5.11. The van der Waals surface area contributed by atoms with E-state index in [1.807, 2.05) is 6.07 Å². The Morgan fingerprint density at radius 3 is 2.29 bits per heavy atom. The molecule has 2 fully saturated rings. The van der Waals surface area contributed by atoms with Gasteiger partial charge in [0.15, 0.2) is 0 Å². The van der Waals surface area contributed by atoms with Crippen molar-refractivity contribution in [3.8, 4) is 0 Å². The van der Waals surface area contributed by atoms with Crippen LogP contribution in [0.1, 0.15) is 32.6 Å². The predicted molar refractivity (Wildman–Crippen MR) is 86.4 cm³/mol. The Bertz CT molecular complexity index is 459. The minimum Gasteiger partial charge on any atom is -0.368 e. The molecule has 0 aromatic heterocycles. The number of benzene rings is 1. The molecule has 21 heavy (non-hydrogen) atoms. The van der Waals surface area contributed by atoms with Crippen LogP contribution in [0.3, 0.4) is 0 Å². The summed E-state index contributed by atoms with van der Waals surface area (Å²) in [4.78, 5) is 17.1. The van der Waals surface area contributed by atoms with E-state index in [0.29, 0.717) is 11.8 Å². The van der Waals surface area contributed by atoms with Gasteiger partial charge in [0.05, 0.1) is 0 Å². The number of carbonyl (C=O) groups is 1. The number of amides is 1. The Kier molecular flexibility index (Phi) is 4.47. The summed E-state index contributed by atoms with van der Waals surface area (Å²) >= 11 is 0. The summed E-state index contributed by atoms with van der Waals surface area (Å²) < 4.78 is 0. The van der Waals surface area contributed by atoms with Crippen molar-refractivity contribution in [2.24, 2.45) is 11.8 Å². The van der Waals surface area contributed by atoms with Gasteiger partial charge in [-0.05, 0) is 30.9 Å². The van der Waals surface area contributed by atoms with Crippen molar-refractivity contribution in [3.05, 3.63) is 30.3 Å². The fraction of sp³-hybridized carbons (Fsp3) is 0.611. The molecule has 1 aliphatic heterocycles. The van der Waals surface area contributed by atoms with Crippen molar-refractivity contribution < 1.29 is 4.79 Å². The maximum absolute atomic E-state index is 12.6. The molecule has 1 aliphatic carbocycles. The lowest BCUT2D eigenvalue weighted by Gasteiger charge is -2.38. The van der Waals surface area contributed by atoms with Gasteiger partial charge < -0.3 is 9.80 Å². The van der Waals surface area contributed by atoms with Crippen molar-refractivity contribution in [3.63, 3.8) is 0 Å². The summed E-state index contributed by atoms with van der Waals surface area (Å²) in [7, 11) is 0. The first-order valence-corrected chi connectivity index (χ1v) is 8.34. The third-order valence-corrected chi connectivity index (χ3v) is 5.21. The van der Waals surface area contributed by atoms with Gasteiger partial charge in [0.2, 0.25) is 5.91 Å². The molecule has 1 heterocycles. The number of piperazine rings is 1. The van der Waals surface area contributed by atoms with Gasteiger partial charge >= 0.3 is 0 Å². The van der Waals surface area contributed by atoms with Gasteiger partial charge in [0.1, 0.15) is 0 Å². The van der Waals surface area contributed by atoms with E-state index in [0.717, 1.165) is 26.2 Å². The third-order valence-electron chi connectivity index (χ3n) is 5.21. The van der Waals surface area contributed by atoms with E-state index in [2.05, 4.69) is 41.0 Å². The van der Waals surface area contributed by atoms with Crippen molar-refractivity contribution in [1.29, 1.82) is 0 Å². The van der Waals surface area contributed by atoms with Crippen molar-refractivity contribution in [2.45, 2.75) is 32.6 Å². The highest BCUT2D eigenvalue weighted by molar-refractivity contribution is 5.79. The minimum absolute atomic E-state index is 0.218. The molecule has 0 radical (unpaired) electrons. The first kappa shape index (κ1) is 14.4. The van der Waals surface area contributed by atoms with Gasteiger partial charge in [0.25, 0.3) is 0 Å². The number of anilines is 1.